The van der Waals surface area contributed by atoms with Crippen molar-refractivity contribution >= 4 is 11.6 Å². The van der Waals surface area contributed by atoms with Crippen molar-refractivity contribution in [3.63, 3.8) is 0 Å². The highest BCUT2D eigenvalue weighted by Gasteiger charge is 2.31. The third-order valence-corrected chi connectivity index (χ3v) is 3.89. The Bertz CT molecular complexity index is 346. The Labute approximate surface area is 101 Å². The molecule has 3 heteroatoms. The molecule has 0 atom stereocenters. The topological polar surface area (TPSA) is 29.5 Å². The minimum absolute atomic E-state index is 0.146. The second kappa shape index (κ2) is 5.07. The summed E-state index contributed by atoms with van der Waals surface area (Å²) < 4.78 is 5.38. The molecule has 1 aromatic carbocycles. The van der Waals surface area contributed by atoms with Crippen LogP contribution in [0.5, 0.6) is 5.75 Å². The number of rotatable bonds is 3. The monoisotopic (exact) mass is 240 g/mol. The Balaban J connectivity index is 2.11. The van der Waals surface area contributed by atoms with E-state index in [1.807, 2.05) is 18.2 Å². The molecule has 1 saturated heterocycles. The quantitative estimate of drug-likeness (QED) is 0.824. The van der Waals surface area contributed by atoms with Gasteiger partial charge in [-0.1, -0.05) is 12.1 Å². The number of ether oxygens (including phenoxy) is 1. The summed E-state index contributed by atoms with van der Waals surface area (Å²) in [5, 5.41) is 9.44. The molecule has 16 heavy (non-hydrogen) atoms. The molecule has 0 aromatic heterocycles. The molecule has 0 saturated carbocycles. The van der Waals surface area contributed by atoms with Crippen molar-refractivity contribution in [1.82, 2.24) is 0 Å². The molecule has 0 aliphatic carbocycles. The average molecular weight is 241 g/mol. The molecule has 1 aliphatic heterocycles. The van der Waals surface area contributed by atoms with Gasteiger partial charge in [0.2, 0.25) is 0 Å². The van der Waals surface area contributed by atoms with E-state index in [1.54, 1.807) is 6.07 Å². The van der Waals surface area contributed by atoms with Crippen molar-refractivity contribution in [3.8, 4) is 5.75 Å². The lowest BCUT2D eigenvalue weighted by molar-refractivity contribution is 0.0257. The van der Waals surface area contributed by atoms with Crippen LogP contribution < -0.4 is 0 Å². The summed E-state index contributed by atoms with van der Waals surface area (Å²) in [5.41, 5.74) is 1.30. The zero-order valence-electron chi connectivity index (χ0n) is 9.29. The highest BCUT2D eigenvalue weighted by molar-refractivity contribution is 6.18. The Morgan fingerprint density at radius 1 is 1.31 bits per heavy atom. The first-order valence-electron chi connectivity index (χ1n) is 5.66. The van der Waals surface area contributed by atoms with E-state index in [1.165, 1.54) is 0 Å². The van der Waals surface area contributed by atoms with E-state index in [2.05, 4.69) is 0 Å². The van der Waals surface area contributed by atoms with Gasteiger partial charge in [0, 0.05) is 19.1 Å². The number of phenolic OH excluding ortho intramolecular Hbond substituents is 1. The first kappa shape index (κ1) is 11.7. The van der Waals surface area contributed by atoms with Crippen LogP contribution >= 0.6 is 11.6 Å². The number of alkyl halides is 1. The van der Waals surface area contributed by atoms with E-state index in [9.17, 15) is 5.11 Å². The highest BCUT2D eigenvalue weighted by atomic mass is 35.5. The van der Waals surface area contributed by atoms with Crippen LogP contribution in [0, 0.1) is 5.41 Å². The standard InChI is InChI=1S/C13H17ClO2/c14-10-13(4-6-16-7-5-13)9-11-2-1-3-12(15)8-11/h1-3,8,15H,4-7,9-10H2. The van der Waals surface area contributed by atoms with E-state index in [-0.39, 0.29) is 5.41 Å². The molecule has 0 amide bonds. The lowest BCUT2D eigenvalue weighted by Crippen LogP contribution is -2.33. The Morgan fingerprint density at radius 3 is 2.69 bits per heavy atom. The van der Waals surface area contributed by atoms with Crippen molar-refractivity contribution in [3.05, 3.63) is 29.8 Å². The van der Waals surface area contributed by atoms with Gasteiger partial charge in [0.25, 0.3) is 0 Å². The summed E-state index contributed by atoms with van der Waals surface area (Å²) in [6.45, 7) is 1.59. The van der Waals surface area contributed by atoms with Gasteiger partial charge in [-0.3, -0.25) is 0 Å². The number of aromatic hydroxyl groups is 1. The molecule has 0 bridgehead atoms. The molecule has 2 nitrogen and oxygen atoms in total. The van der Waals surface area contributed by atoms with Crippen LogP contribution in [-0.2, 0) is 11.2 Å². The molecule has 0 radical (unpaired) electrons. The lowest BCUT2D eigenvalue weighted by atomic mass is 9.77. The molecule has 1 N–H and O–H groups in total. The molecule has 1 aliphatic rings. The lowest BCUT2D eigenvalue weighted by Gasteiger charge is -2.35. The van der Waals surface area contributed by atoms with E-state index in [0.717, 1.165) is 38.0 Å². The minimum Gasteiger partial charge on any atom is -0.508 e. The molecule has 0 unspecified atom stereocenters. The van der Waals surface area contributed by atoms with Crippen molar-refractivity contribution < 1.29 is 9.84 Å². The maximum atomic E-state index is 9.44. The number of hydrogen-bond acceptors (Lipinski definition) is 2. The van der Waals surface area contributed by atoms with Gasteiger partial charge in [-0.05, 0) is 42.4 Å². The summed E-state index contributed by atoms with van der Waals surface area (Å²) in [5.74, 6) is 0.987. The van der Waals surface area contributed by atoms with Gasteiger partial charge in [0.1, 0.15) is 5.75 Å². The minimum atomic E-state index is 0.146. The average Bonchev–Trinajstić information content (AvgIpc) is 2.30. The molecule has 0 spiro atoms. The second-order valence-corrected chi connectivity index (χ2v) is 4.86. The van der Waals surface area contributed by atoms with Crippen LogP contribution in [-0.4, -0.2) is 24.2 Å². The molecule has 1 fully saturated rings. The van der Waals surface area contributed by atoms with Gasteiger partial charge >= 0.3 is 0 Å². The fourth-order valence-corrected chi connectivity index (χ4v) is 2.62. The van der Waals surface area contributed by atoms with Gasteiger partial charge in [0.05, 0.1) is 0 Å². The van der Waals surface area contributed by atoms with Gasteiger partial charge < -0.3 is 9.84 Å². The molecule has 1 aromatic rings. The predicted octanol–water partition coefficient (Wildman–Crippen LogP) is 2.97. The summed E-state index contributed by atoms with van der Waals surface area (Å²) >= 11 is 6.11. The summed E-state index contributed by atoms with van der Waals surface area (Å²) in [7, 11) is 0. The Kier molecular flexibility index (Phi) is 3.72. The smallest absolute Gasteiger partial charge is 0.115 e. The zero-order valence-corrected chi connectivity index (χ0v) is 10.0. The molecular formula is C13H17ClO2. The van der Waals surface area contributed by atoms with Crippen molar-refractivity contribution in [2.45, 2.75) is 19.3 Å². The van der Waals surface area contributed by atoms with Crippen LogP contribution in [0.15, 0.2) is 24.3 Å². The fourth-order valence-electron chi connectivity index (χ4n) is 2.26. The second-order valence-electron chi connectivity index (χ2n) is 4.59. The van der Waals surface area contributed by atoms with Crippen LogP contribution in [0.25, 0.3) is 0 Å². The van der Waals surface area contributed by atoms with Crippen LogP contribution in [0.4, 0.5) is 0 Å². The fraction of sp³-hybridized carbons (Fsp3) is 0.538. The van der Waals surface area contributed by atoms with Crippen LogP contribution in [0.2, 0.25) is 0 Å². The van der Waals surface area contributed by atoms with Crippen LogP contribution in [0.3, 0.4) is 0 Å². The first-order valence-corrected chi connectivity index (χ1v) is 6.19. The SMILES string of the molecule is Oc1cccc(CC2(CCl)CCOCC2)c1. The van der Waals surface area contributed by atoms with Gasteiger partial charge in [-0.15, -0.1) is 11.6 Å². The van der Waals surface area contributed by atoms with Crippen molar-refractivity contribution in [2.75, 3.05) is 19.1 Å². The van der Waals surface area contributed by atoms with E-state index >= 15 is 0 Å². The summed E-state index contributed by atoms with van der Waals surface area (Å²) in [6.07, 6.45) is 2.94. The Hall–Kier alpha value is -0.730. The molecule has 2 rings (SSSR count). The summed E-state index contributed by atoms with van der Waals surface area (Å²) in [4.78, 5) is 0. The van der Waals surface area contributed by atoms with E-state index in [4.69, 9.17) is 16.3 Å². The third-order valence-electron chi connectivity index (χ3n) is 3.33. The molecule has 1 heterocycles. The predicted molar refractivity (Wildman–Crippen MR) is 65.0 cm³/mol. The Morgan fingerprint density at radius 2 is 2.06 bits per heavy atom. The van der Waals surface area contributed by atoms with Gasteiger partial charge in [-0.2, -0.15) is 0 Å². The number of halogens is 1. The normalized spacial score (nSPS) is 19.6. The largest absolute Gasteiger partial charge is 0.508 e. The maximum absolute atomic E-state index is 9.44. The maximum Gasteiger partial charge on any atom is 0.115 e. The highest BCUT2D eigenvalue weighted by Crippen LogP contribution is 2.36. The van der Waals surface area contributed by atoms with E-state index in [0.29, 0.717) is 11.6 Å². The van der Waals surface area contributed by atoms with Crippen molar-refractivity contribution in [1.29, 1.82) is 0 Å². The number of benzene rings is 1. The van der Waals surface area contributed by atoms with Gasteiger partial charge in [-0.25, -0.2) is 0 Å². The molecular weight excluding hydrogens is 224 g/mol. The van der Waals surface area contributed by atoms with Crippen molar-refractivity contribution in [2.24, 2.45) is 5.41 Å². The van der Waals surface area contributed by atoms with Crippen LogP contribution in [0.1, 0.15) is 18.4 Å². The third kappa shape index (κ3) is 2.69. The summed E-state index contributed by atoms with van der Waals surface area (Å²) in [6, 6.07) is 7.44. The first-order chi connectivity index (χ1) is 7.74. The molecule has 88 valence electrons. The van der Waals surface area contributed by atoms with Gasteiger partial charge in [0.15, 0.2) is 0 Å². The number of phenols is 1. The number of hydrogen-bond donors (Lipinski definition) is 1. The zero-order chi connectivity index (χ0) is 11.4. The van der Waals surface area contributed by atoms with E-state index < -0.39 is 0 Å².